The monoisotopic (exact) mass is 218 g/mol. The average Bonchev–Trinajstić information content (AvgIpc) is 2.61. The van der Waals surface area contributed by atoms with Crippen molar-refractivity contribution in [2.24, 2.45) is 28.1 Å². The predicted octanol–water partition coefficient (Wildman–Crippen LogP) is 3.59. The van der Waals surface area contributed by atoms with Gasteiger partial charge in [-0.2, -0.15) is 0 Å². The molecule has 4 aliphatic rings. The third kappa shape index (κ3) is 0.881. The molecule has 0 N–H and O–H groups in total. The summed E-state index contributed by atoms with van der Waals surface area (Å²) in [6, 6.07) is 0. The Hall–Kier alpha value is -0.590. The van der Waals surface area contributed by atoms with Crippen molar-refractivity contribution in [1.29, 1.82) is 0 Å². The van der Waals surface area contributed by atoms with Crippen molar-refractivity contribution in [2.45, 2.75) is 46.5 Å². The molecule has 0 aliphatic heterocycles. The topological polar surface area (TPSA) is 17.1 Å². The maximum atomic E-state index is 11.7. The van der Waals surface area contributed by atoms with E-state index in [1.54, 1.807) is 0 Å². The number of rotatable bonds is 1. The van der Waals surface area contributed by atoms with Crippen LogP contribution < -0.4 is 0 Å². The van der Waals surface area contributed by atoms with Crippen LogP contribution in [0.1, 0.15) is 46.5 Å². The molecule has 16 heavy (non-hydrogen) atoms. The fourth-order valence-corrected chi connectivity index (χ4v) is 4.90. The van der Waals surface area contributed by atoms with Crippen molar-refractivity contribution in [2.75, 3.05) is 0 Å². The molecule has 2 fully saturated rings. The molecule has 0 unspecified atom stereocenters. The van der Waals surface area contributed by atoms with Gasteiger partial charge in [-0.05, 0) is 48.3 Å². The third-order valence-electron chi connectivity index (χ3n) is 6.49. The van der Waals surface area contributed by atoms with Crippen LogP contribution in [0.2, 0.25) is 0 Å². The van der Waals surface area contributed by atoms with Gasteiger partial charge < -0.3 is 4.79 Å². The van der Waals surface area contributed by atoms with Gasteiger partial charge in [0, 0.05) is 5.41 Å². The molecule has 2 bridgehead atoms. The number of aldehydes is 1. The van der Waals surface area contributed by atoms with Crippen molar-refractivity contribution in [3.63, 3.8) is 0 Å². The Labute approximate surface area is 98.3 Å². The lowest BCUT2D eigenvalue weighted by Crippen LogP contribution is -2.56. The number of fused-ring (bicyclic) bond motifs is 1. The van der Waals surface area contributed by atoms with Crippen molar-refractivity contribution < 1.29 is 4.79 Å². The Morgan fingerprint density at radius 1 is 1.19 bits per heavy atom. The van der Waals surface area contributed by atoms with E-state index in [0.29, 0.717) is 11.3 Å². The molecular weight excluding hydrogens is 196 g/mol. The highest BCUT2D eigenvalue weighted by molar-refractivity contribution is 5.64. The molecular formula is C15H22O. The van der Waals surface area contributed by atoms with Crippen LogP contribution in [0.5, 0.6) is 0 Å². The predicted molar refractivity (Wildman–Crippen MR) is 65.0 cm³/mol. The van der Waals surface area contributed by atoms with Gasteiger partial charge in [0.25, 0.3) is 0 Å². The molecule has 0 heterocycles. The average molecular weight is 218 g/mol. The van der Waals surface area contributed by atoms with E-state index in [0.717, 1.165) is 5.92 Å². The van der Waals surface area contributed by atoms with Crippen LogP contribution in [0, 0.1) is 28.1 Å². The Balaban J connectivity index is 2.19. The van der Waals surface area contributed by atoms with Crippen LogP contribution >= 0.6 is 0 Å². The molecule has 88 valence electrons. The Morgan fingerprint density at radius 2 is 1.94 bits per heavy atom. The first-order valence-corrected chi connectivity index (χ1v) is 6.65. The zero-order valence-corrected chi connectivity index (χ0v) is 10.6. The van der Waals surface area contributed by atoms with E-state index in [4.69, 9.17) is 0 Å². The van der Waals surface area contributed by atoms with Gasteiger partial charge in [0.1, 0.15) is 6.29 Å². The van der Waals surface area contributed by atoms with E-state index in [-0.39, 0.29) is 10.8 Å². The normalized spacial score (nSPS) is 58.7. The maximum Gasteiger partial charge on any atom is 0.127 e. The van der Waals surface area contributed by atoms with Crippen LogP contribution in [0.4, 0.5) is 0 Å². The second-order valence-electron chi connectivity index (χ2n) is 6.79. The molecule has 5 atom stereocenters. The van der Waals surface area contributed by atoms with Crippen molar-refractivity contribution in [3.05, 3.63) is 12.2 Å². The van der Waals surface area contributed by atoms with E-state index >= 15 is 0 Å². The van der Waals surface area contributed by atoms with Gasteiger partial charge in [0.15, 0.2) is 0 Å². The van der Waals surface area contributed by atoms with Crippen molar-refractivity contribution >= 4 is 6.29 Å². The molecule has 1 spiro atoms. The summed E-state index contributed by atoms with van der Waals surface area (Å²) in [5, 5.41) is 0. The van der Waals surface area contributed by atoms with Crippen LogP contribution in [-0.2, 0) is 4.79 Å². The van der Waals surface area contributed by atoms with Crippen LogP contribution in [-0.4, -0.2) is 6.29 Å². The summed E-state index contributed by atoms with van der Waals surface area (Å²) in [7, 11) is 0. The molecule has 0 saturated heterocycles. The van der Waals surface area contributed by atoms with Crippen LogP contribution in [0.15, 0.2) is 12.2 Å². The van der Waals surface area contributed by atoms with Crippen molar-refractivity contribution in [1.82, 2.24) is 0 Å². The van der Waals surface area contributed by atoms with E-state index < -0.39 is 0 Å². The van der Waals surface area contributed by atoms with E-state index in [2.05, 4.69) is 32.9 Å². The highest BCUT2D eigenvalue weighted by atomic mass is 16.1. The molecule has 0 radical (unpaired) electrons. The number of carbonyl (C=O) groups excluding carboxylic acids is 1. The number of carbonyl (C=O) groups is 1. The standard InChI is InChI=1S/C15H22O/c1-11-4-5-12-14(3,10-16)13(2)6-8-15(11,12)9-7-13/h6,8,10-12H,4-5,7,9H2,1-3H3/t11-,12+,13-,14+,15+/m1/s1. The number of hydrogen-bond donors (Lipinski definition) is 0. The molecule has 1 heteroatoms. The number of allylic oxidation sites excluding steroid dienone is 2. The summed E-state index contributed by atoms with van der Waals surface area (Å²) >= 11 is 0. The van der Waals surface area contributed by atoms with Crippen molar-refractivity contribution in [3.8, 4) is 0 Å². The highest BCUT2D eigenvalue weighted by Gasteiger charge is 2.65. The van der Waals surface area contributed by atoms with E-state index in [1.807, 2.05) is 0 Å². The molecule has 2 saturated carbocycles. The fraction of sp³-hybridized carbons (Fsp3) is 0.800. The minimum atomic E-state index is -0.120. The summed E-state index contributed by atoms with van der Waals surface area (Å²) in [5.74, 6) is 1.36. The molecule has 4 rings (SSSR count). The minimum absolute atomic E-state index is 0.116. The lowest BCUT2D eigenvalue weighted by Gasteiger charge is -2.60. The molecule has 0 aromatic heterocycles. The number of hydrogen-bond acceptors (Lipinski definition) is 1. The SMILES string of the molecule is C[C@@H]1CC[C@@H]2[C@]13C=C[C@](C)(CC3)[C@@]2(C)C=O. The third-order valence-corrected chi connectivity index (χ3v) is 6.49. The summed E-state index contributed by atoms with van der Waals surface area (Å²) < 4.78 is 0. The molecule has 0 aromatic rings. The summed E-state index contributed by atoms with van der Waals surface area (Å²) in [4.78, 5) is 11.7. The second-order valence-corrected chi connectivity index (χ2v) is 6.79. The molecule has 0 aromatic carbocycles. The summed E-state index contributed by atoms with van der Waals surface area (Å²) in [6.45, 7) is 6.87. The van der Waals surface area contributed by atoms with E-state index in [9.17, 15) is 4.79 Å². The first kappa shape index (κ1) is 10.6. The lowest BCUT2D eigenvalue weighted by molar-refractivity contribution is -0.138. The van der Waals surface area contributed by atoms with E-state index in [1.165, 1.54) is 32.0 Å². The van der Waals surface area contributed by atoms with Gasteiger partial charge >= 0.3 is 0 Å². The Kier molecular flexibility index (Phi) is 1.85. The molecule has 0 amide bonds. The zero-order chi connectivity index (χ0) is 11.6. The van der Waals surface area contributed by atoms with Gasteiger partial charge in [0.2, 0.25) is 0 Å². The Bertz CT molecular complexity index is 372. The maximum absolute atomic E-state index is 11.7. The van der Waals surface area contributed by atoms with Crippen LogP contribution in [0.3, 0.4) is 0 Å². The van der Waals surface area contributed by atoms with Gasteiger partial charge in [0.05, 0.1) is 0 Å². The first-order valence-electron chi connectivity index (χ1n) is 6.65. The second kappa shape index (κ2) is 2.80. The van der Waals surface area contributed by atoms with Gasteiger partial charge in [-0.1, -0.05) is 32.9 Å². The minimum Gasteiger partial charge on any atom is -0.303 e. The lowest BCUT2D eigenvalue weighted by atomic mass is 9.42. The summed E-state index contributed by atoms with van der Waals surface area (Å²) in [6.07, 6.45) is 11.2. The van der Waals surface area contributed by atoms with Crippen LogP contribution in [0.25, 0.3) is 0 Å². The highest BCUT2D eigenvalue weighted by Crippen LogP contribution is 2.70. The smallest absolute Gasteiger partial charge is 0.127 e. The van der Waals surface area contributed by atoms with Gasteiger partial charge in [-0.25, -0.2) is 0 Å². The quantitative estimate of drug-likeness (QED) is 0.485. The largest absolute Gasteiger partial charge is 0.303 e. The summed E-state index contributed by atoms with van der Waals surface area (Å²) in [5.41, 5.74) is 0.351. The molecule has 1 nitrogen and oxygen atoms in total. The first-order chi connectivity index (χ1) is 7.48. The molecule has 4 aliphatic carbocycles. The van der Waals surface area contributed by atoms with Gasteiger partial charge in [-0.15, -0.1) is 0 Å². The Morgan fingerprint density at radius 3 is 2.50 bits per heavy atom. The zero-order valence-electron chi connectivity index (χ0n) is 10.6. The van der Waals surface area contributed by atoms with Gasteiger partial charge in [-0.3, -0.25) is 0 Å². The fourth-order valence-electron chi connectivity index (χ4n) is 4.90.